The Bertz CT molecular complexity index is 558. The lowest BCUT2D eigenvalue weighted by molar-refractivity contribution is -0.115. The highest BCUT2D eigenvalue weighted by atomic mass is 16.5. The van der Waals surface area contributed by atoms with Crippen molar-refractivity contribution in [1.82, 2.24) is 4.98 Å². The second-order valence-corrected chi connectivity index (χ2v) is 4.25. The quantitative estimate of drug-likeness (QED) is 0.836. The number of nitrogens with two attached hydrogens (primary N) is 1. The lowest BCUT2D eigenvalue weighted by Crippen LogP contribution is -2.15. The van der Waals surface area contributed by atoms with Crippen LogP contribution in [0.25, 0.3) is 0 Å². The first-order chi connectivity index (χ1) is 9.78. The number of benzene rings is 1. The second-order valence-electron chi connectivity index (χ2n) is 4.25. The normalized spacial score (nSPS) is 10.1. The molecule has 1 aromatic heterocycles. The monoisotopic (exact) mass is 271 g/mol. The van der Waals surface area contributed by atoms with Gasteiger partial charge in [0.25, 0.3) is 0 Å². The fraction of sp³-hybridized carbons (Fsp3) is 0.200. The van der Waals surface area contributed by atoms with Crippen molar-refractivity contribution in [3.8, 4) is 5.75 Å². The van der Waals surface area contributed by atoms with Crippen molar-refractivity contribution < 1.29 is 9.53 Å². The first-order valence-corrected chi connectivity index (χ1v) is 6.39. The fourth-order valence-electron chi connectivity index (χ4n) is 1.73. The fourth-order valence-corrected chi connectivity index (χ4v) is 1.73. The molecule has 0 bridgehead atoms. The maximum absolute atomic E-state index is 11.9. The third kappa shape index (κ3) is 4.37. The number of nitrogens with zero attached hydrogens (tertiary/aromatic N) is 1. The molecular weight excluding hydrogens is 254 g/mol. The molecule has 0 aliphatic carbocycles. The minimum absolute atomic E-state index is 0.0889. The van der Waals surface area contributed by atoms with Crippen molar-refractivity contribution in [2.24, 2.45) is 5.73 Å². The van der Waals surface area contributed by atoms with Crippen LogP contribution < -0.4 is 15.8 Å². The van der Waals surface area contributed by atoms with E-state index in [0.717, 1.165) is 5.56 Å². The Balaban J connectivity index is 1.94. The number of ether oxygens (including phenoxy) is 1. The first-order valence-electron chi connectivity index (χ1n) is 6.39. The van der Waals surface area contributed by atoms with Crippen LogP contribution in [0.2, 0.25) is 0 Å². The van der Waals surface area contributed by atoms with Crippen molar-refractivity contribution in [2.75, 3.05) is 18.5 Å². The Hall–Kier alpha value is -2.40. The molecule has 0 unspecified atom stereocenters. The van der Waals surface area contributed by atoms with Gasteiger partial charge in [0.1, 0.15) is 12.4 Å². The van der Waals surface area contributed by atoms with Crippen molar-refractivity contribution >= 4 is 11.6 Å². The number of anilines is 1. The molecule has 0 saturated carbocycles. The van der Waals surface area contributed by atoms with E-state index in [-0.39, 0.29) is 5.91 Å². The zero-order valence-corrected chi connectivity index (χ0v) is 11.1. The van der Waals surface area contributed by atoms with Crippen LogP contribution in [0.1, 0.15) is 5.56 Å². The number of nitrogens with one attached hydrogen (secondary N) is 1. The summed E-state index contributed by atoms with van der Waals surface area (Å²) in [5, 5.41) is 2.83. The molecule has 20 heavy (non-hydrogen) atoms. The van der Waals surface area contributed by atoms with E-state index in [1.54, 1.807) is 18.5 Å². The van der Waals surface area contributed by atoms with E-state index in [1.165, 1.54) is 0 Å². The van der Waals surface area contributed by atoms with Gasteiger partial charge in [-0.3, -0.25) is 9.78 Å². The maximum atomic E-state index is 11.9. The number of amides is 1. The molecule has 0 saturated heterocycles. The smallest absolute Gasteiger partial charge is 0.228 e. The molecular formula is C15H17N3O2. The van der Waals surface area contributed by atoms with Gasteiger partial charge in [0.15, 0.2) is 0 Å². The largest absolute Gasteiger partial charge is 0.492 e. The molecule has 5 nitrogen and oxygen atoms in total. The van der Waals surface area contributed by atoms with E-state index in [4.69, 9.17) is 10.5 Å². The third-order valence-corrected chi connectivity index (χ3v) is 2.59. The molecule has 3 N–H and O–H groups in total. The van der Waals surface area contributed by atoms with Gasteiger partial charge in [-0.2, -0.15) is 0 Å². The molecule has 1 amide bonds. The molecule has 0 radical (unpaired) electrons. The summed E-state index contributed by atoms with van der Waals surface area (Å²) in [7, 11) is 0. The Morgan fingerprint density at radius 3 is 2.95 bits per heavy atom. The number of carbonyl (C=O) groups excluding carboxylic acids is 1. The van der Waals surface area contributed by atoms with Gasteiger partial charge in [-0.15, -0.1) is 0 Å². The van der Waals surface area contributed by atoms with Gasteiger partial charge in [0.05, 0.1) is 6.42 Å². The number of rotatable bonds is 6. The van der Waals surface area contributed by atoms with Crippen LogP contribution in [-0.4, -0.2) is 24.0 Å². The van der Waals surface area contributed by atoms with Gasteiger partial charge < -0.3 is 15.8 Å². The van der Waals surface area contributed by atoms with E-state index < -0.39 is 0 Å². The number of pyridine rings is 1. The molecule has 2 rings (SSSR count). The molecule has 0 aliphatic heterocycles. The van der Waals surface area contributed by atoms with Crippen LogP contribution >= 0.6 is 0 Å². The molecule has 0 fully saturated rings. The zero-order valence-electron chi connectivity index (χ0n) is 11.1. The number of hydrogen-bond donors (Lipinski definition) is 2. The van der Waals surface area contributed by atoms with E-state index in [9.17, 15) is 4.79 Å². The summed E-state index contributed by atoms with van der Waals surface area (Å²) in [5.74, 6) is 0.601. The highest BCUT2D eigenvalue weighted by Gasteiger charge is 2.05. The van der Waals surface area contributed by atoms with Crippen LogP contribution in [0.15, 0.2) is 48.8 Å². The van der Waals surface area contributed by atoms with Crippen molar-refractivity contribution in [1.29, 1.82) is 0 Å². The summed E-state index contributed by atoms with van der Waals surface area (Å²) in [4.78, 5) is 15.9. The van der Waals surface area contributed by atoms with Gasteiger partial charge in [0.2, 0.25) is 5.91 Å². The summed E-state index contributed by atoms with van der Waals surface area (Å²) in [6, 6.07) is 10.9. The predicted octanol–water partition coefficient (Wildman–Crippen LogP) is 1.60. The van der Waals surface area contributed by atoms with Gasteiger partial charge in [-0.25, -0.2) is 0 Å². The maximum Gasteiger partial charge on any atom is 0.228 e. The lowest BCUT2D eigenvalue weighted by atomic mass is 10.2. The van der Waals surface area contributed by atoms with Crippen LogP contribution in [0.4, 0.5) is 5.69 Å². The Kier molecular flexibility index (Phi) is 5.08. The van der Waals surface area contributed by atoms with Gasteiger partial charge in [0, 0.05) is 30.7 Å². The molecule has 0 atom stereocenters. The highest BCUT2D eigenvalue weighted by molar-refractivity contribution is 5.92. The number of aromatic nitrogens is 1. The van der Waals surface area contributed by atoms with Gasteiger partial charge in [-0.1, -0.05) is 12.1 Å². The Morgan fingerprint density at radius 1 is 1.30 bits per heavy atom. The van der Waals surface area contributed by atoms with Crippen molar-refractivity contribution in [3.63, 3.8) is 0 Å². The van der Waals surface area contributed by atoms with Gasteiger partial charge in [-0.05, 0) is 23.8 Å². The van der Waals surface area contributed by atoms with E-state index >= 15 is 0 Å². The Labute approximate surface area is 117 Å². The molecule has 0 spiro atoms. The van der Waals surface area contributed by atoms with E-state index in [1.807, 2.05) is 30.3 Å². The average Bonchev–Trinajstić information content (AvgIpc) is 2.46. The first kappa shape index (κ1) is 14.0. The third-order valence-electron chi connectivity index (χ3n) is 2.59. The van der Waals surface area contributed by atoms with Crippen LogP contribution in [0.3, 0.4) is 0 Å². The minimum Gasteiger partial charge on any atom is -0.492 e. The summed E-state index contributed by atoms with van der Waals surface area (Å²) < 4.78 is 5.41. The van der Waals surface area contributed by atoms with Crippen molar-refractivity contribution in [3.05, 3.63) is 54.4 Å². The molecule has 104 valence electrons. The van der Waals surface area contributed by atoms with Crippen LogP contribution in [-0.2, 0) is 11.2 Å². The van der Waals surface area contributed by atoms with E-state index in [2.05, 4.69) is 10.3 Å². The van der Waals surface area contributed by atoms with Gasteiger partial charge >= 0.3 is 0 Å². The van der Waals surface area contributed by atoms with E-state index in [0.29, 0.717) is 31.0 Å². The molecule has 0 aliphatic rings. The summed E-state index contributed by atoms with van der Waals surface area (Å²) in [5.41, 5.74) is 6.96. The molecule has 1 heterocycles. The zero-order chi connectivity index (χ0) is 14.2. The summed E-state index contributed by atoms with van der Waals surface area (Å²) in [6.07, 6.45) is 3.65. The van der Waals surface area contributed by atoms with Crippen molar-refractivity contribution in [2.45, 2.75) is 6.42 Å². The van der Waals surface area contributed by atoms with Crippen LogP contribution in [0.5, 0.6) is 5.75 Å². The lowest BCUT2D eigenvalue weighted by Gasteiger charge is -2.08. The standard InChI is InChI=1S/C15H17N3O2/c16-6-8-20-14-5-1-4-13(10-14)18-15(19)9-12-3-2-7-17-11-12/h1-5,7,10-11H,6,8-9,16H2,(H,18,19). The SMILES string of the molecule is NCCOc1cccc(NC(=O)Cc2cccnc2)c1. The topological polar surface area (TPSA) is 77.2 Å². The summed E-state index contributed by atoms with van der Waals surface area (Å²) in [6.45, 7) is 0.907. The highest BCUT2D eigenvalue weighted by Crippen LogP contribution is 2.17. The molecule has 5 heteroatoms. The number of carbonyl (C=O) groups is 1. The Morgan fingerprint density at radius 2 is 2.20 bits per heavy atom. The summed E-state index contributed by atoms with van der Waals surface area (Å²) >= 11 is 0. The number of hydrogen-bond acceptors (Lipinski definition) is 4. The second kappa shape index (κ2) is 7.25. The average molecular weight is 271 g/mol. The van der Waals surface area contributed by atoms with Crippen LogP contribution in [0, 0.1) is 0 Å². The predicted molar refractivity (Wildman–Crippen MR) is 77.6 cm³/mol. The molecule has 1 aromatic carbocycles. The molecule has 2 aromatic rings. The minimum atomic E-state index is -0.0889.